The number of hydrogen-bond acceptors (Lipinski definition) is 3. The van der Waals surface area contributed by atoms with Crippen LogP contribution < -0.4 is 4.74 Å². The molecule has 4 nitrogen and oxygen atoms in total. The minimum Gasteiger partial charge on any atom is -0.492 e. The minimum absolute atomic E-state index is 0. The molecule has 2 rings (SSSR count). The molecule has 0 saturated carbocycles. The third kappa shape index (κ3) is 2.03. The zero-order chi connectivity index (χ0) is 11.1. The van der Waals surface area contributed by atoms with Crippen LogP contribution >= 0.6 is 12.4 Å². The van der Waals surface area contributed by atoms with Crippen molar-refractivity contribution >= 4 is 22.4 Å². The molecule has 0 amide bonds. The molecule has 0 atom stereocenters. The van der Waals surface area contributed by atoms with Crippen LogP contribution in [-0.2, 0) is 16.4 Å². The number of nitrogens with zero attached hydrogens (tertiary/aromatic N) is 1. The van der Waals surface area contributed by atoms with Gasteiger partial charge in [-0.05, 0) is 11.6 Å². The second-order valence-corrected chi connectivity index (χ2v) is 5.75. The van der Waals surface area contributed by atoms with Crippen LogP contribution in [0.25, 0.3) is 0 Å². The van der Waals surface area contributed by atoms with E-state index < -0.39 is 10.0 Å². The standard InChI is InChI=1S/C10H13NO3S.ClH/c1-11(2)15(12,13)9-5-3-4-8-6-7-14-10(8)9;/h3-5H,6-7H2,1-2H3;1H. The van der Waals surface area contributed by atoms with Crippen LogP contribution in [0.15, 0.2) is 23.1 Å². The third-order valence-corrected chi connectivity index (χ3v) is 4.28. The lowest BCUT2D eigenvalue weighted by molar-refractivity contribution is 0.347. The Morgan fingerprint density at radius 3 is 2.62 bits per heavy atom. The number of fused-ring (bicyclic) bond motifs is 1. The zero-order valence-electron chi connectivity index (χ0n) is 9.13. The Morgan fingerprint density at radius 2 is 2.00 bits per heavy atom. The Hall–Kier alpha value is -0.780. The number of hydrogen-bond donors (Lipinski definition) is 0. The summed E-state index contributed by atoms with van der Waals surface area (Å²) in [6.45, 7) is 0.565. The van der Waals surface area contributed by atoms with Crippen LogP contribution in [0, 0.1) is 0 Å². The van der Waals surface area contributed by atoms with E-state index in [-0.39, 0.29) is 17.3 Å². The van der Waals surface area contributed by atoms with Gasteiger partial charge in [0.25, 0.3) is 0 Å². The molecular weight excluding hydrogens is 250 g/mol. The molecule has 1 aromatic carbocycles. The Kier molecular flexibility index (Phi) is 3.83. The molecule has 1 heterocycles. The van der Waals surface area contributed by atoms with E-state index in [2.05, 4.69) is 0 Å². The van der Waals surface area contributed by atoms with Crippen molar-refractivity contribution in [2.45, 2.75) is 11.3 Å². The number of sulfonamides is 1. The predicted molar refractivity (Wildman–Crippen MR) is 63.8 cm³/mol. The van der Waals surface area contributed by atoms with Crippen molar-refractivity contribution in [3.05, 3.63) is 23.8 Å². The Morgan fingerprint density at radius 1 is 1.31 bits per heavy atom. The Balaban J connectivity index is 0.00000128. The molecular formula is C10H14ClNO3S. The molecule has 0 aliphatic carbocycles. The molecule has 0 spiro atoms. The first-order valence-electron chi connectivity index (χ1n) is 4.70. The maximum atomic E-state index is 11.9. The lowest BCUT2D eigenvalue weighted by Gasteiger charge is -2.13. The topological polar surface area (TPSA) is 46.6 Å². The van der Waals surface area contributed by atoms with Gasteiger partial charge in [0.15, 0.2) is 0 Å². The van der Waals surface area contributed by atoms with Crippen molar-refractivity contribution in [2.75, 3.05) is 20.7 Å². The van der Waals surface area contributed by atoms with E-state index >= 15 is 0 Å². The molecule has 0 N–H and O–H groups in total. The average molecular weight is 264 g/mol. The van der Waals surface area contributed by atoms with Gasteiger partial charge in [0.1, 0.15) is 10.6 Å². The van der Waals surface area contributed by atoms with Crippen LogP contribution in [-0.4, -0.2) is 33.4 Å². The molecule has 90 valence electrons. The van der Waals surface area contributed by atoms with Crippen molar-refractivity contribution < 1.29 is 13.2 Å². The average Bonchev–Trinajstić information content (AvgIpc) is 2.64. The summed E-state index contributed by atoms with van der Waals surface area (Å²) in [6.07, 6.45) is 0.784. The molecule has 0 saturated heterocycles. The molecule has 0 unspecified atom stereocenters. The van der Waals surface area contributed by atoms with Gasteiger partial charge in [-0.25, -0.2) is 12.7 Å². The first kappa shape index (κ1) is 13.3. The minimum atomic E-state index is -3.39. The molecule has 6 heteroatoms. The first-order valence-corrected chi connectivity index (χ1v) is 6.14. The molecule has 1 aliphatic rings. The SMILES string of the molecule is CN(C)S(=O)(=O)c1cccc2c1OCC2.Cl. The summed E-state index contributed by atoms with van der Waals surface area (Å²) in [5.74, 6) is 0.520. The van der Waals surface area contributed by atoms with Crippen molar-refractivity contribution in [3.63, 3.8) is 0 Å². The summed E-state index contributed by atoms with van der Waals surface area (Å²) in [5, 5.41) is 0. The molecule has 0 aromatic heterocycles. The molecule has 1 aliphatic heterocycles. The van der Waals surface area contributed by atoms with Crippen molar-refractivity contribution in [3.8, 4) is 5.75 Å². The molecule has 16 heavy (non-hydrogen) atoms. The Bertz CT molecular complexity index is 485. The van der Waals surface area contributed by atoms with Gasteiger partial charge in [0.2, 0.25) is 10.0 Å². The normalized spacial score (nSPS) is 14.2. The lowest BCUT2D eigenvalue weighted by Crippen LogP contribution is -2.22. The second-order valence-electron chi connectivity index (χ2n) is 3.63. The summed E-state index contributed by atoms with van der Waals surface area (Å²) in [6, 6.07) is 5.24. The summed E-state index contributed by atoms with van der Waals surface area (Å²) < 4.78 is 30.4. The van der Waals surface area contributed by atoms with Crippen LogP contribution in [0.2, 0.25) is 0 Å². The number of ether oxygens (including phenoxy) is 1. The van der Waals surface area contributed by atoms with Gasteiger partial charge in [-0.15, -0.1) is 12.4 Å². The summed E-state index contributed by atoms with van der Waals surface area (Å²) in [5.41, 5.74) is 0.970. The summed E-state index contributed by atoms with van der Waals surface area (Å²) in [7, 11) is -0.359. The van der Waals surface area contributed by atoms with Crippen molar-refractivity contribution in [2.24, 2.45) is 0 Å². The van der Waals surface area contributed by atoms with E-state index in [0.29, 0.717) is 12.4 Å². The van der Waals surface area contributed by atoms with Crippen molar-refractivity contribution in [1.29, 1.82) is 0 Å². The summed E-state index contributed by atoms with van der Waals surface area (Å²) in [4.78, 5) is 0.266. The van der Waals surface area contributed by atoms with Crippen LogP contribution in [0.5, 0.6) is 5.75 Å². The fourth-order valence-corrected chi connectivity index (χ4v) is 2.65. The predicted octanol–water partition coefficient (Wildman–Crippen LogP) is 1.29. The van der Waals surface area contributed by atoms with Gasteiger partial charge in [-0.2, -0.15) is 0 Å². The van der Waals surface area contributed by atoms with Gasteiger partial charge in [-0.1, -0.05) is 12.1 Å². The number of para-hydroxylation sites is 1. The first-order chi connectivity index (χ1) is 7.03. The van der Waals surface area contributed by atoms with E-state index in [0.717, 1.165) is 12.0 Å². The van der Waals surface area contributed by atoms with E-state index in [4.69, 9.17) is 4.74 Å². The molecule has 0 fully saturated rings. The van der Waals surface area contributed by atoms with E-state index in [1.165, 1.54) is 18.4 Å². The molecule has 0 radical (unpaired) electrons. The molecule has 0 bridgehead atoms. The fourth-order valence-electron chi connectivity index (χ4n) is 1.58. The van der Waals surface area contributed by atoms with Gasteiger partial charge < -0.3 is 4.74 Å². The van der Waals surface area contributed by atoms with Gasteiger partial charge in [0, 0.05) is 20.5 Å². The number of halogens is 1. The van der Waals surface area contributed by atoms with Crippen LogP contribution in [0.3, 0.4) is 0 Å². The second kappa shape index (κ2) is 4.61. The lowest BCUT2D eigenvalue weighted by atomic mass is 10.2. The quantitative estimate of drug-likeness (QED) is 0.808. The number of rotatable bonds is 2. The highest BCUT2D eigenvalue weighted by molar-refractivity contribution is 7.89. The Labute approximate surface area is 102 Å². The highest BCUT2D eigenvalue weighted by atomic mass is 35.5. The van der Waals surface area contributed by atoms with Gasteiger partial charge in [-0.3, -0.25) is 0 Å². The van der Waals surface area contributed by atoms with E-state index in [1.54, 1.807) is 12.1 Å². The fraction of sp³-hybridized carbons (Fsp3) is 0.400. The maximum absolute atomic E-state index is 11.9. The van der Waals surface area contributed by atoms with Crippen LogP contribution in [0.4, 0.5) is 0 Å². The van der Waals surface area contributed by atoms with E-state index in [1.807, 2.05) is 6.07 Å². The van der Waals surface area contributed by atoms with Crippen LogP contribution in [0.1, 0.15) is 5.56 Å². The van der Waals surface area contributed by atoms with E-state index in [9.17, 15) is 8.42 Å². The zero-order valence-corrected chi connectivity index (χ0v) is 10.8. The third-order valence-electron chi connectivity index (χ3n) is 2.44. The highest BCUT2D eigenvalue weighted by Crippen LogP contribution is 2.33. The van der Waals surface area contributed by atoms with Crippen molar-refractivity contribution in [1.82, 2.24) is 4.31 Å². The maximum Gasteiger partial charge on any atom is 0.246 e. The van der Waals surface area contributed by atoms with Gasteiger partial charge >= 0.3 is 0 Å². The molecule has 1 aromatic rings. The largest absolute Gasteiger partial charge is 0.492 e. The monoisotopic (exact) mass is 263 g/mol. The number of benzene rings is 1. The smallest absolute Gasteiger partial charge is 0.246 e. The van der Waals surface area contributed by atoms with Gasteiger partial charge in [0.05, 0.1) is 6.61 Å². The highest BCUT2D eigenvalue weighted by Gasteiger charge is 2.26. The summed E-state index contributed by atoms with van der Waals surface area (Å²) >= 11 is 0.